The fraction of sp³-hybridized carbons (Fsp3) is 0.364. The molecule has 0 aliphatic rings. The van der Waals surface area contributed by atoms with Crippen molar-refractivity contribution in [3.63, 3.8) is 0 Å². The number of carboxylic acid groups (broad SMARTS) is 1. The Bertz CT molecular complexity index is 459. The highest BCUT2D eigenvalue weighted by atomic mass is 19.1. The summed E-state index contributed by atoms with van der Waals surface area (Å²) in [6, 6.07) is 3.18. The summed E-state index contributed by atoms with van der Waals surface area (Å²) >= 11 is 0. The average Bonchev–Trinajstić information content (AvgIpc) is 2.15. The van der Waals surface area contributed by atoms with E-state index in [0.717, 1.165) is 12.1 Å². The first-order valence-electron chi connectivity index (χ1n) is 5.01. The van der Waals surface area contributed by atoms with Gasteiger partial charge < -0.3 is 5.11 Å². The zero-order valence-corrected chi connectivity index (χ0v) is 9.38. The summed E-state index contributed by atoms with van der Waals surface area (Å²) in [7, 11) is 0. The number of carbonyl (C=O) groups is 1. The Morgan fingerprint density at radius 2 is 2.06 bits per heavy atom. The molecule has 0 amide bonds. The maximum atomic E-state index is 13.4. The molecule has 0 bridgehead atoms. The van der Waals surface area contributed by atoms with Crippen molar-refractivity contribution in [2.45, 2.75) is 19.8 Å². The van der Waals surface area contributed by atoms with Crippen LogP contribution >= 0.6 is 0 Å². The number of hydrogen-bond acceptors (Lipinski definition) is 3. The Morgan fingerprint density at radius 3 is 2.41 bits per heavy atom. The van der Waals surface area contributed by atoms with Crippen LogP contribution in [-0.4, -0.2) is 16.0 Å². The van der Waals surface area contributed by atoms with Crippen LogP contribution in [0, 0.1) is 21.8 Å². The molecule has 1 aromatic carbocycles. The molecule has 5 nitrogen and oxygen atoms in total. The molecule has 1 N–H and O–H groups in total. The first-order chi connectivity index (χ1) is 7.84. The average molecular weight is 241 g/mol. The first-order valence-corrected chi connectivity index (χ1v) is 5.01. The molecular weight excluding hydrogens is 229 g/mol. The second kappa shape index (κ2) is 4.90. The zero-order chi connectivity index (χ0) is 13.2. The van der Waals surface area contributed by atoms with Crippen LogP contribution in [0.1, 0.15) is 25.3 Å². The Balaban J connectivity index is 3.20. The third-order valence-electron chi connectivity index (χ3n) is 2.46. The van der Waals surface area contributed by atoms with Crippen molar-refractivity contribution in [2.75, 3.05) is 0 Å². The fourth-order valence-electron chi connectivity index (χ4n) is 1.68. The lowest BCUT2D eigenvalue weighted by molar-refractivity contribution is -0.387. The number of nitro groups is 1. The van der Waals surface area contributed by atoms with Gasteiger partial charge in [0.25, 0.3) is 0 Å². The van der Waals surface area contributed by atoms with Crippen molar-refractivity contribution in [1.82, 2.24) is 0 Å². The van der Waals surface area contributed by atoms with E-state index in [0.29, 0.717) is 0 Å². The highest BCUT2D eigenvalue weighted by Crippen LogP contribution is 2.28. The Morgan fingerprint density at radius 1 is 1.47 bits per heavy atom. The predicted octanol–water partition coefficient (Wildman–Crippen LogP) is 2.56. The Kier molecular flexibility index (Phi) is 3.77. The van der Waals surface area contributed by atoms with E-state index in [4.69, 9.17) is 5.11 Å². The van der Waals surface area contributed by atoms with Gasteiger partial charge in [0.1, 0.15) is 0 Å². The summed E-state index contributed by atoms with van der Waals surface area (Å²) < 4.78 is 13.4. The summed E-state index contributed by atoms with van der Waals surface area (Å²) in [5.41, 5.74) is -0.419. The molecule has 0 aromatic heterocycles. The van der Waals surface area contributed by atoms with Gasteiger partial charge in [-0.25, -0.2) is 0 Å². The largest absolute Gasteiger partial charge is 0.481 e. The summed E-state index contributed by atoms with van der Waals surface area (Å²) in [6.45, 7) is 3.39. The van der Waals surface area contributed by atoms with Crippen molar-refractivity contribution >= 4 is 11.7 Å². The number of aliphatic carboxylic acids is 1. The number of hydrogen-bond donors (Lipinski definition) is 1. The van der Waals surface area contributed by atoms with Gasteiger partial charge in [-0.1, -0.05) is 19.9 Å². The molecule has 92 valence electrons. The zero-order valence-electron chi connectivity index (χ0n) is 9.38. The van der Waals surface area contributed by atoms with Crippen LogP contribution in [0.4, 0.5) is 10.1 Å². The van der Waals surface area contributed by atoms with E-state index in [-0.39, 0.29) is 11.5 Å². The van der Waals surface area contributed by atoms with Crippen LogP contribution in [0.5, 0.6) is 0 Å². The second-order valence-electron chi connectivity index (χ2n) is 4.03. The molecule has 6 heteroatoms. The number of halogens is 1. The number of nitro benzene ring substituents is 1. The highest BCUT2D eigenvalue weighted by molar-refractivity contribution is 5.76. The second-order valence-corrected chi connectivity index (χ2v) is 4.03. The molecule has 0 saturated heterocycles. The van der Waals surface area contributed by atoms with Gasteiger partial charge in [0.2, 0.25) is 5.82 Å². The van der Waals surface area contributed by atoms with Gasteiger partial charge in [0, 0.05) is 6.07 Å². The van der Waals surface area contributed by atoms with Gasteiger partial charge in [-0.05, 0) is 17.5 Å². The van der Waals surface area contributed by atoms with Crippen LogP contribution in [-0.2, 0) is 4.79 Å². The summed E-state index contributed by atoms with van der Waals surface area (Å²) in [4.78, 5) is 20.6. The molecule has 0 saturated carbocycles. The molecule has 1 aromatic rings. The topological polar surface area (TPSA) is 80.4 Å². The minimum absolute atomic E-state index is 0.228. The van der Waals surface area contributed by atoms with Crippen LogP contribution in [0.15, 0.2) is 18.2 Å². The van der Waals surface area contributed by atoms with E-state index in [1.54, 1.807) is 13.8 Å². The Hall–Kier alpha value is -1.98. The van der Waals surface area contributed by atoms with Crippen molar-refractivity contribution in [1.29, 1.82) is 0 Å². The lowest BCUT2D eigenvalue weighted by Gasteiger charge is -2.16. The lowest BCUT2D eigenvalue weighted by atomic mass is 9.88. The van der Waals surface area contributed by atoms with E-state index >= 15 is 0 Å². The standard InChI is InChI=1S/C11H12FNO4/c1-6(2)10(11(14)15)7-3-4-9(13(16)17)8(12)5-7/h3-6,10H,1-2H3,(H,14,15). The van der Waals surface area contributed by atoms with Gasteiger partial charge >= 0.3 is 11.7 Å². The fourth-order valence-corrected chi connectivity index (χ4v) is 1.68. The lowest BCUT2D eigenvalue weighted by Crippen LogP contribution is -2.17. The van der Waals surface area contributed by atoms with Gasteiger partial charge in [-0.15, -0.1) is 0 Å². The first kappa shape index (κ1) is 13.1. The molecular formula is C11H12FNO4. The quantitative estimate of drug-likeness (QED) is 0.648. The van der Waals surface area contributed by atoms with Crippen LogP contribution in [0.3, 0.4) is 0 Å². The molecule has 17 heavy (non-hydrogen) atoms. The third-order valence-corrected chi connectivity index (χ3v) is 2.46. The van der Waals surface area contributed by atoms with Gasteiger partial charge in [-0.2, -0.15) is 4.39 Å². The summed E-state index contributed by atoms with van der Waals surface area (Å²) in [5.74, 6) is -3.19. The number of benzene rings is 1. The van der Waals surface area contributed by atoms with Crippen LogP contribution in [0.2, 0.25) is 0 Å². The minimum Gasteiger partial charge on any atom is -0.481 e. The van der Waals surface area contributed by atoms with E-state index in [1.165, 1.54) is 6.07 Å². The SMILES string of the molecule is CC(C)C(C(=O)O)c1ccc([N+](=O)[O-])c(F)c1. The van der Waals surface area contributed by atoms with Crippen LogP contribution in [0.25, 0.3) is 0 Å². The number of rotatable bonds is 4. The van der Waals surface area contributed by atoms with Gasteiger partial charge in [0.15, 0.2) is 0 Å². The van der Waals surface area contributed by atoms with Crippen molar-refractivity contribution in [3.05, 3.63) is 39.7 Å². The summed E-state index contributed by atoms with van der Waals surface area (Å²) in [6.07, 6.45) is 0. The van der Waals surface area contributed by atoms with E-state index < -0.39 is 28.3 Å². The molecule has 1 unspecified atom stereocenters. The van der Waals surface area contributed by atoms with E-state index in [1.807, 2.05) is 0 Å². The monoisotopic (exact) mass is 241 g/mol. The molecule has 0 fully saturated rings. The molecule has 0 aliphatic heterocycles. The van der Waals surface area contributed by atoms with Crippen molar-refractivity contribution < 1.29 is 19.2 Å². The van der Waals surface area contributed by atoms with E-state index in [9.17, 15) is 19.3 Å². The maximum absolute atomic E-state index is 13.4. The molecule has 0 spiro atoms. The van der Waals surface area contributed by atoms with Crippen molar-refractivity contribution in [3.8, 4) is 0 Å². The molecule has 0 aliphatic carbocycles. The number of carboxylic acids is 1. The highest BCUT2D eigenvalue weighted by Gasteiger charge is 2.26. The molecule has 0 heterocycles. The molecule has 1 atom stereocenters. The third kappa shape index (κ3) is 2.77. The molecule has 0 radical (unpaired) electrons. The number of nitrogens with zero attached hydrogens (tertiary/aromatic N) is 1. The molecule has 1 rings (SSSR count). The normalized spacial score (nSPS) is 12.5. The minimum atomic E-state index is -1.08. The summed E-state index contributed by atoms with van der Waals surface area (Å²) in [5, 5.41) is 19.4. The maximum Gasteiger partial charge on any atom is 0.311 e. The smallest absolute Gasteiger partial charge is 0.311 e. The Labute approximate surface area is 97.0 Å². The van der Waals surface area contributed by atoms with Crippen molar-refractivity contribution in [2.24, 2.45) is 5.92 Å². The van der Waals surface area contributed by atoms with Gasteiger partial charge in [0.05, 0.1) is 10.8 Å². The van der Waals surface area contributed by atoms with Gasteiger partial charge in [-0.3, -0.25) is 14.9 Å². The predicted molar refractivity (Wildman–Crippen MR) is 58.3 cm³/mol. The van der Waals surface area contributed by atoms with E-state index in [2.05, 4.69) is 0 Å². The van der Waals surface area contributed by atoms with Crippen LogP contribution < -0.4 is 0 Å².